The molecule has 8 rings (SSSR count). The first-order valence-electron chi connectivity index (χ1n) is 17.9. The Kier molecular flexibility index (Phi) is 8.30. The van der Waals surface area contributed by atoms with Crippen molar-refractivity contribution in [2.24, 2.45) is 0 Å². The second-order valence-corrected chi connectivity index (χ2v) is 14.0. The van der Waals surface area contributed by atoms with E-state index in [-0.39, 0.29) is 11.8 Å². The lowest BCUT2D eigenvalue weighted by molar-refractivity contribution is 0.875. The number of hydrogen-bond donors (Lipinski definition) is 0. The molecule has 0 spiro atoms. The fraction of sp³-hybridized carbons (Fsp3) is 0.125. The van der Waals surface area contributed by atoms with Crippen molar-refractivity contribution < 1.29 is 0 Å². The van der Waals surface area contributed by atoms with E-state index in [1.807, 2.05) is 60.7 Å². The van der Waals surface area contributed by atoms with Crippen LogP contribution in [-0.4, -0.2) is 0 Å². The minimum atomic E-state index is 0.236. The molecule has 0 heterocycles. The second-order valence-electron chi connectivity index (χ2n) is 14.0. The summed E-state index contributed by atoms with van der Waals surface area (Å²) in [6.07, 6.45) is 0. The maximum absolute atomic E-state index is 10.3. The van der Waals surface area contributed by atoms with Gasteiger partial charge in [0.1, 0.15) is 12.1 Å². The highest BCUT2D eigenvalue weighted by atomic mass is 15.2. The minimum Gasteiger partial charge on any atom is -0.309 e. The largest absolute Gasteiger partial charge is 0.309 e. The Bertz CT molecular complexity index is 2480. The zero-order valence-corrected chi connectivity index (χ0v) is 29.8. The third kappa shape index (κ3) is 5.29. The molecule has 52 heavy (non-hydrogen) atoms. The molecule has 0 unspecified atom stereocenters. The zero-order chi connectivity index (χ0) is 35.9. The highest BCUT2D eigenvalue weighted by Crippen LogP contribution is 2.51. The molecule has 0 fully saturated rings. The summed E-state index contributed by atoms with van der Waals surface area (Å²) in [5, 5.41) is 27.7. The van der Waals surface area contributed by atoms with Gasteiger partial charge in [-0.3, -0.25) is 0 Å². The Morgan fingerprint density at radius 1 is 0.404 bits per heavy atom. The molecule has 0 atom stereocenters. The smallest absolute Gasteiger partial charge is 0.101 e. The Hall–Kier alpha value is -6.62. The number of nitrogens with zero attached hydrogens (tertiary/aromatic N) is 4. The van der Waals surface area contributed by atoms with Gasteiger partial charge >= 0.3 is 0 Å². The molecule has 4 nitrogen and oxygen atoms in total. The standard InChI is InChI=1S/C48H38N4/c1-31(2)41-27-45(51(35-17-7-5-8-18-35)43-21-13-11-15-33(43)29-49)39-26-24-38-42(32(3)4)28-46(40-25-23-37(41)47(39)48(38)40)52(36-19-9-6-10-20-36)44-22-14-12-16-34(44)30-50/h5-28,31-32H,1-4H3. The van der Waals surface area contributed by atoms with Gasteiger partial charge in [-0.05, 0) is 105 Å². The summed E-state index contributed by atoms with van der Waals surface area (Å²) in [6.45, 7) is 9.03. The number of rotatable bonds is 8. The Morgan fingerprint density at radius 3 is 1.12 bits per heavy atom. The Balaban J connectivity index is 1.55. The highest BCUT2D eigenvalue weighted by Gasteiger charge is 2.27. The highest BCUT2D eigenvalue weighted by molar-refractivity contribution is 6.29. The molecule has 8 aromatic rings. The molecule has 0 amide bonds. The summed E-state index contributed by atoms with van der Waals surface area (Å²) in [7, 11) is 0. The lowest BCUT2D eigenvalue weighted by Crippen LogP contribution is -2.14. The predicted octanol–water partition coefficient (Wildman–Crippen LogP) is 13.5. The van der Waals surface area contributed by atoms with Crippen LogP contribution in [0, 0.1) is 22.7 Å². The van der Waals surface area contributed by atoms with Crippen molar-refractivity contribution in [1.82, 2.24) is 0 Å². The molecule has 0 radical (unpaired) electrons. The van der Waals surface area contributed by atoms with Crippen molar-refractivity contribution in [3.8, 4) is 12.1 Å². The summed E-state index contributed by atoms with van der Waals surface area (Å²) in [5.41, 5.74) is 9.45. The SMILES string of the molecule is CC(C)c1cc(N(c2ccccc2)c2ccccc2C#N)c2ccc3c(C(C)C)cc(N(c4ccccc4)c4ccccc4C#N)c4ccc1c2c34. The molecular formula is C48H38N4. The van der Waals surface area contributed by atoms with Crippen LogP contribution < -0.4 is 9.80 Å². The van der Waals surface area contributed by atoms with Crippen LogP contribution in [0.5, 0.6) is 0 Å². The van der Waals surface area contributed by atoms with Crippen LogP contribution in [0.25, 0.3) is 32.3 Å². The topological polar surface area (TPSA) is 54.1 Å². The monoisotopic (exact) mass is 670 g/mol. The van der Waals surface area contributed by atoms with E-state index in [1.165, 1.54) is 32.7 Å². The molecule has 0 aliphatic rings. The number of nitriles is 2. The average molecular weight is 671 g/mol. The van der Waals surface area contributed by atoms with E-state index in [2.05, 4.69) is 135 Å². The molecule has 0 bridgehead atoms. The summed E-state index contributed by atoms with van der Waals surface area (Å²) in [4.78, 5) is 4.50. The fourth-order valence-electron chi connectivity index (χ4n) is 7.83. The van der Waals surface area contributed by atoms with Crippen LogP contribution in [0.15, 0.2) is 146 Å². The number of benzene rings is 8. The maximum Gasteiger partial charge on any atom is 0.101 e. The lowest BCUT2D eigenvalue weighted by atomic mass is 9.84. The number of hydrogen-bond acceptors (Lipinski definition) is 4. The summed E-state index contributed by atoms with van der Waals surface area (Å²) in [6, 6.07) is 55.1. The second kappa shape index (κ2) is 13.3. The van der Waals surface area contributed by atoms with Gasteiger partial charge in [0, 0.05) is 22.1 Å². The van der Waals surface area contributed by atoms with Crippen molar-refractivity contribution in [2.45, 2.75) is 39.5 Å². The Morgan fingerprint density at radius 2 is 0.750 bits per heavy atom. The molecule has 0 N–H and O–H groups in total. The van der Waals surface area contributed by atoms with Gasteiger partial charge in [0.2, 0.25) is 0 Å². The number of anilines is 6. The average Bonchev–Trinajstić information content (AvgIpc) is 3.18. The van der Waals surface area contributed by atoms with Crippen LogP contribution in [0.1, 0.15) is 61.8 Å². The third-order valence-electron chi connectivity index (χ3n) is 10.2. The van der Waals surface area contributed by atoms with E-state index < -0.39 is 0 Å². The Labute approximate surface area is 305 Å². The van der Waals surface area contributed by atoms with Gasteiger partial charge in [-0.25, -0.2) is 0 Å². The molecule has 0 aliphatic carbocycles. The van der Waals surface area contributed by atoms with E-state index in [1.54, 1.807) is 0 Å². The first-order valence-corrected chi connectivity index (χ1v) is 17.9. The van der Waals surface area contributed by atoms with Gasteiger partial charge in [0.15, 0.2) is 0 Å². The lowest BCUT2D eigenvalue weighted by Gasteiger charge is -2.32. The molecule has 250 valence electrons. The van der Waals surface area contributed by atoms with Crippen LogP contribution in [0.3, 0.4) is 0 Å². The molecule has 4 heteroatoms. The summed E-state index contributed by atoms with van der Waals surface area (Å²) >= 11 is 0. The predicted molar refractivity (Wildman–Crippen MR) is 217 cm³/mol. The van der Waals surface area contributed by atoms with Gasteiger partial charge in [0.05, 0.1) is 33.9 Å². The van der Waals surface area contributed by atoms with E-state index in [4.69, 9.17) is 0 Å². The van der Waals surface area contributed by atoms with Crippen LogP contribution in [-0.2, 0) is 0 Å². The normalized spacial score (nSPS) is 11.4. The van der Waals surface area contributed by atoms with Gasteiger partial charge in [-0.1, -0.05) is 113 Å². The molecule has 0 saturated carbocycles. The van der Waals surface area contributed by atoms with Crippen LogP contribution in [0.2, 0.25) is 0 Å². The van der Waals surface area contributed by atoms with Gasteiger partial charge in [-0.2, -0.15) is 10.5 Å². The van der Waals surface area contributed by atoms with Gasteiger partial charge in [0.25, 0.3) is 0 Å². The van der Waals surface area contributed by atoms with Crippen molar-refractivity contribution in [3.05, 3.63) is 168 Å². The van der Waals surface area contributed by atoms with Crippen molar-refractivity contribution in [1.29, 1.82) is 10.5 Å². The van der Waals surface area contributed by atoms with E-state index >= 15 is 0 Å². The molecule has 0 aromatic heterocycles. The van der Waals surface area contributed by atoms with Crippen molar-refractivity contribution in [2.75, 3.05) is 9.80 Å². The molecule has 0 aliphatic heterocycles. The van der Waals surface area contributed by atoms with E-state index in [0.29, 0.717) is 11.1 Å². The third-order valence-corrected chi connectivity index (χ3v) is 10.2. The van der Waals surface area contributed by atoms with E-state index in [9.17, 15) is 10.5 Å². The number of para-hydroxylation sites is 4. The summed E-state index contributed by atoms with van der Waals surface area (Å²) < 4.78 is 0. The van der Waals surface area contributed by atoms with Gasteiger partial charge in [-0.15, -0.1) is 0 Å². The first kappa shape index (κ1) is 32.6. The first-order chi connectivity index (χ1) is 25.4. The van der Waals surface area contributed by atoms with Gasteiger partial charge < -0.3 is 9.80 Å². The maximum atomic E-state index is 10.3. The van der Waals surface area contributed by atoms with Crippen LogP contribution in [0.4, 0.5) is 34.1 Å². The van der Waals surface area contributed by atoms with E-state index in [0.717, 1.165) is 44.9 Å². The molecular weight excluding hydrogens is 633 g/mol. The van der Waals surface area contributed by atoms with Crippen molar-refractivity contribution in [3.63, 3.8) is 0 Å². The minimum absolute atomic E-state index is 0.236. The van der Waals surface area contributed by atoms with Crippen molar-refractivity contribution >= 4 is 66.4 Å². The zero-order valence-electron chi connectivity index (χ0n) is 29.8. The summed E-state index contributed by atoms with van der Waals surface area (Å²) in [5.74, 6) is 0.471. The molecule has 0 saturated heterocycles. The van der Waals surface area contributed by atoms with Crippen LogP contribution >= 0.6 is 0 Å². The fourth-order valence-corrected chi connectivity index (χ4v) is 7.83. The molecule has 8 aromatic carbocycles. The quantitative estimate of drug-likeness (QED) is 0.151.